The van der Waals surface area contributed by atoms with Crippen LogP contribution in [0.15, 0.2) is 43.5 Å². The van der Waals surface area contributed by atoms with Crippen LogP contribution in [-0.4, -0.2) is 24.2 Å². The normalized spacial score (nSPS) is 9.71. The van der Waals surface area contributed by atoms with E-state index >= 15 is 0 Å². The first-order valence-electron chi connectivity index (χ1n) is 5.09. The quantitative estimate of drug-likeness (QED) is 0.771. The van der Waals surface area contributed by atoms with Crippen LogP contribution in [0.3, 0.4) is 0 Å². The Balaban J connectivity index is 3.04. The number of hydrogen-bond acceptors (Lipinski definition) is 2. The van der Waals surface area contributed by atoms with Gasteiger partial charge >= 0.3 is 5.97 Å². The van der Waals surface area contributed by atoms with Crippen LogP contribution < -0.4 is 4.90 Å². The summed E-state index contributed by atoms with van der Waals surface area (Å²) in [6.45, 7) is 8.30. The number of anilines is 1. The Morgan fingerprint density at radius 1 is 1.35 bits per heavy atom. The van der Waals surface area contributed by atoms with Crippen molar-refractivity contribution in [2.45, 2.75) is 0 Å². The fraction of sp³-hybridized carbons (Fsp3) is 0.154. The molecule has 0 saturated heterocycles. The van der Waals surface area contributed by atoms with Crippen molar-refractivity contribution >= 4 is 11.7 Å². The monoisotopic (exact) mass is 235 g/mol. The van der Waals surface area contributed by atoms with Gasteiger partial charge in [0.15, 0.2) is 0 Å². The molecule has 0 bridgehead atoms. The van der Waals surface area contributed by atoms with Gasteiger partial charge in [0.05, 0.1) is 5.56 Å². The van der Waals surface area contributed by atoms with Crippen molar-refractivity contribution in [3.63, 3.8) is 0 Å². The molecule has 0 amide bonds. The number of halogens is 1. The molecule has 1 aromatic carbocycles. The molecule has 0 aromatic heterocycles. The van der Waals surface area contributed by atoms with Crippen LogP contribution in [0.2, 0.25) is 0 Å². The van der Waals surface area contributed by atoms with Crippen molar-refractivity contribution < 1.29 is 14.3 Å². The molecule has 0 aliphatic heterocycles. The van der Waals surface area contributed by atoms with Gasteiger partial charge in [-0.15, -0.1) is 13.2 Å². The topological polar surface area (TPSA) is 40.5 Å². The summed E-state index contributed by atoms with van der Waals surface area (Å²) in [6.07, 6.45) is 3.37. The number of carbonyl (C=O) groups is 1. The standard InChI is InChI=1S/C13H14FNO2/c1-3-7-15(8-4-2)10-5-6-11(13(16)17)12(14)9-10/h3-6,9H,1-2,7-8H2,(H,16,17). The lowest BCUT2D eigenvalue weighted by molar-refractivity contribution is 0.0692. The second kappa shape index (κ2) is 5.84. The Hall–Kier alpha value is -2.10. The van der Waals surface area contributed by atoms with Crippen LogP contribution >= 0.6 is 0 Å². The van der Waals surface area contributed by atoms with Gasteiger partial charge in [0.25, 0.3) is 0 Å². The minimum absolute atomic E-state index is 0.328. The van der Waals surface area contributed by atoms with Gasteiger partial charge < -0.3 is 10.0 Å². The lowest BCUT2D eigenvalue weighted by Gasteiger charge is -2.21. The van der Waals surface area contributed by atoms with Gasteiger partial charge in [-0.05, 0) is 18.2 Å². The highest BCUT2D eigenvalue weighted by Crippen LogP contribution is 2.18. The maximum atomic E-state index is 13.5. The summed E-state index contributed by atoms with van der Waals surface area (Å²) in [6, 6.07) is 4.03. The van der Waals surface area contributed by atoms with Crippen LogP contribution in [0.1, 0.15) is 10.4 Å². The largest absolute Gasteiger partial charge is 0.478 e. The van der Waals surface area contributed by atoms with E-state index in [2.05, 4.69) is 13.2 Å². The predicted molar refractivity (Wildman–Crippen MR) is 66.0 cm³/mol. The minimum atomic E-state index is -1.27. The Morgan fingerprint density at radius 3 is 2.35 bits per heavy atom. The van der Waals surface area contributed by atoms with E-state index in [0.29, 0.717) is 18.8 Å². The third-order valence-electron chi connectivity index (χ3n) is 2.25. The van der Waals surface area contributed by atoms with E-state index in [1.807, 2.05) is 4.90 Å². The summed E-state index contributed by atoms with van der Waals surface area (Å²) in [5.41, 5.74) is 0.276. The zero-order chi connectivity index (χ0) is 12.8. The SMILES string of the molecule is C=CCN(CC=C)c1ccc(C(=O)O)c(F)c1. The van der Waals surface area contributed by atoms with Crippen molar-refractivity contribution in [3.05, 3.63) is 54.9 Å². The first-order chi connectivity index (χ1) is 8.10. The molecule has 0 atom stereocenters. The molecule has 0 radical (unpaired) electrons. The zero-order valence-corrected chi connectivity index (χ0v) is 9.40. The third-order valence-corrected chi connectivity index (χ3v) is 2.25. The lowest BCUT2D eigenvalue weighted by Crippen LogP contribution is -2.23. The Kier molecular flexibility index (Phi) is 4.46. The average molecular weight is 235 g/mol. The maximum absolute atomic E-state index is 13.5. The molecule has 0 unspecified atom stereocenters. The number of benzene rings is 1. The smallest absolute Gasteiger partial charge is 0.338 e. The van der Waals surface area contributed by atoms with E-state index in [-0.39, 0.29) is 5.56 Å². The summed E-state index contributed by atoms with van der Waals surface area (Å²) >= 11 is 0. The van der Waals surface area contributed by atoms with Crippen molar-refractivity contribution in [2.24, 2.45) is 0 Å². The van der Waals surface area contributed by atoms with E-state index in [1.54, 1.807) is 18.2 Å². The van der Waals surface area contributed by atoms with Gasteiger partial charge in [-0.2, -0.15) is 0 Å². The van der Waals surface area contributed by atoms with Gasteiger partial charge in [-0.25, -0.2) is 9.18 Å². The van der Waals surface area contributed by atoms with Crippen molar-refractivity contribution in [2.75, 3.05) is 18.0 Å². The molecule has 0 spiro atoms. The lowest BCUT2D eigenvalue weighted by atomic mass is 10.2. The number of carboxylic acids is 1. The summed E-state index contributed by atoms with van der Waals surface area (Å²) in [4.78, 5) is 12.5. The number of carboxylic acid groups (broad SMARTS) is 1. The van der Waals surface area contributed by atoms with Crippen LogP contribution in [-0.2, 0) is 0 Å². The highest BCUT2D eigenvalue weighted by Gasteiger charge is 2.12. The molecular formula is C13H14FNO2. The van der Waals surface area contributed by atoms with E-state index in [9.17, 15) is 9.18 Å². The number of hydrogen-bond donors (Lipinski definition) is 1. The molecule has 0 fully saturated rings. The molecule has 0 saturated carbocycles. The van der Waals surface area contributed by atoms with Gasteiger partial charge in [0, 0.05) is 18.8 Å². The Labute approximate surface area is 99.5 Å². The van der Waals surface area contributed by atoms with Gasteiger partial charge in [0.2, 0.25) is 0 Å². The second-order valence-electron chi connectivity index (χ2n) is 3.45. The van der Waals surface area contributed by atoms with Gasteiger partial charge in [-0.3, -0.25) is 0 Å². The number of aromatic carboxylic acids is 1. The highest BCUT2D eigenvalue weighted by atomic mass is 19.1. The number of nitrogens with zero attached hydrogens (tertiary/aromatic N) is 1. The van der Waals surface area contributed by atoms with Gasteiger partial charge in [0.1, 0.15) is 5.82 Å². The first kappa shape index (κ1) is 13.0. The Bertz CT molecular complexity index is 433. The predicted octanol–water partition coefficient (Wildman–Crippen LogP) is 2.70. The fourth-order valence-electron chi connectivity index (χ4n) is 1.47. The molecule has 4 heteroatoms. The zero-order valence-electron chi connectivity index (χ0n) is 9.40. The molecule has 17 heavy (non-hydrogen) atoms. The molecule has 90 valence electrons. The summed E-state index contributed by atoms with van der Waals surface area (Å²) in [7, 11) is 0. The maximum Gasteiger partial charge on any atom is 0.338 e. The van der Waals surface area contributed by atoms with E-state index in [0.717, 1.165) is 0 Å². The second-order valence-corrected chi connectivity index (χ2v) is 3.45. The van der Waals surface area contributed by atoms with Crippen LogP contribution in [0.5, 0.6) is 0 Å². The molecule has 1 rings (SSSR count). The molecule has 0 heterocycles. The van der Waals surface area contributed by atoms with Gasteiger partial charge in [-0.1, -0.05) is 12.2 Å². The molecule has 3 nitrogen and oxygen atoms in total. The average Bonchev–Trinajstić information content (AvgIpc) is 2.28. The molecule has 1 N–H and O–H groups in total. The number of rotatable bonds is 6. The van der Waals surface area contributed by atoms with Crippen LogP contribution in [0.25, 0.3) is 0 Å². The fourth-order valence-corrected chi connectivity index (χ4v) is 1.47. The minimum Gasteiger partial charge on any atom is -0.478 e. The van der Waals surface area contributed by atoms with Crippen molar-refractivity contribution in [1.82, 2.24) is 0 Å². The highest BCUT2D eigenvalue weighted by molar-refractivity contribution is 5.88. The van der Waals surface area contributed by atoms with Crippen LogP contribution in [0.4, 0.5) is 10.1 Å². The first-order valence-corrected chi connectivity index (χ1v) is 5.09. The summed E-state index contributed by atoms with van der Waals surface area (Å²) in [5, 5.41) is 8.72. The van der Waals surface area contributed by atoms with E-state index in [4.69, 9.17) is 5.11 Å². The molecule has 0 aliphatic rings. The molecule has 0 aliphatic carbocycles. The molecular weight excluding hydrogens is 221 g/mol. The van der Waals surface area contributed by atoms with E-state index in [1.165, 1.54) is 12.1 Å². The third kappa shape index (κ3) is 3.17. The van der Waals surface area contributed by atoms with Crippen molar-refractivity contribution in [3.8, 4) is 0 Å². The Morgan fingerprint density at radius 2 is 1.94 bits per heavy atom. The van der Waals surface area contributed by atoms with E-state index < -0.39 is 11.8 Å². The van der Waals surface area contributed by atoms with Crippen molar-refractivity contribution in [1.29, 1.82) is 0 Å². The van der Waals surface area contributed by atoms with Crippen LogP contribution in [0, 0.1) is 5.82 Å². The summed E-state index contributed by atoms with van der Waals surface area (Å²) < 4.78 is 13.5. The summed E-state index contributed by atoms with van der Waals surface area (Å²) in [5.74, 6) is -2.01. The molecule has 1 aromatic rings.